The standard InChI is InChI=1S/C26H25F3N6O/c1-17-2-3-18(12-21(17)23-14-32-24-15-31-8-11-35(23)24)25(36)33-20-5-4-19(22(13-20)26(27,28)29)16-34-9-6-30-7-10-34/h2-5,8,11-15,30H,6-7,9-10,16H2,1H3,(H,33,36). The number of aromatic nitrogens is 3. The van der Waals surface area contributed by atoms with Gasteiger partial charge in [-0.05, 0) is 42.3 Å². The molecule has 7 nitrogen and oxygen atoms in total. The van der Waals surface area contributed by atoms with Gasteiger partial charge in [-0.3, -0.25) is 19.1 Å². The van der Waals surface area contributed by atoms with Crippen LogP contribution in [0, 0.1) is 6.92 Å². The fraction of sp³-hybridized carbons (Fsp3) is 0.269. The molecule has 0 aliphatic carbocycles. The molecule has 2 N–H and O–H groups in total. The van der Waals surface area contributed by atoms with Gasteiger partial charge in [0.05, 0.1) is 23.7 Å². The predicted octanol–water partition coefficient (Wildman–Crippen LogP) is 4.38. The number of piperazine rings is 1. The Balaban J connectivity index is 1.41. The van der Waals surface area contributed by atoms with Gasteiger partial charge in [-0.2, -0.15) is 13.2 Å². The highest BCUT2D eigenvalue weighted by molar-refractivity contribution is 6.05. The molecule has 0 bridgehead atoms. The van der Waals surface area contributed by atoms with Crippen molar-refractivity contribution in [3.8, 4) is 11.3 Å². The second-order valence-corrected chi connectivity index (χ2v) is 8.83. The molecule has 186 valence electrons. The molecule has 0 atom stereocenters. The second-order valence-electron chi connectivity index (χ2n) is 8.83. The smallest absolute Gasteiger partial charge is 0.322 e. The molecule has 0 saturated carbocycles. The number of carbonyl (C=O) groups excluding carboxylic acids is 1. The van der Waals surface area contributed by atoms with E-state index in [-0.39, 0.29) is 17.8 Å². The molecule has 3 heterocycles. The van der Waals surface area contributed by atoms with E-state index in [2.05, 4.69) is 20.6 Å². The summed E-state index contributed by atoms with van der Waals surface area (Å²) in [5, 5.41) is 5.83. The van der Waals surface area contributed by atoms with Crippen molar-refractivity contribution in [1.82, 2.24) is 24.6 Å². The zero-order chi connectivity index (χ0) is 25.3. The number of carbonyl (C=O) groups is 1. The quantitative estimate of drug-likeness (QED) is 0.431. The fourth-order valence-corrected chi connectivity index (χ4v) is 4.45. The second kappa shape index (κ2) is 9.71. The first-order valence-corrected chi connectivity index (χ1v) is 11.6. The molecular formula is C26H25F3N6O. The maximum absolute atomic E-state index is 13.9. The van der Waals surface area contributed by atoms with Crippen molar-refractivity contribution in [2.45, 2.75) is 19.6 Å². The molecular weight excluding hydrogens is 469 g/mol. The minimum Gasteiger partial charge on any atom is -0.322 e. The molecule has 0 spiro atoms. The Bertz CT molecular complexity index is 1410. The Hall–Kier alpha value is -3.76. The number of rotatable bonds is 5. The summed E-state index contributed by atoms with van der Waals surface area (Å²) >= 11 is 0. The van der Waals surface area contributed by atoms with Crippen molar-refractivity contribution < 1.29 is 18.0 Å². The molecule has 2 aromatic carbocycles. The zero-order valence-electron chi connectivity index (χ0n) is 19.6. The summed E-state index contributed by atoms with van der Waals surface area (Å²) in [7, 11) is 0. The lowest BCUT2D eigenvalue weighted by atomic mass is 10.0. The summed E-state index contributed by atoms with van der Waals surface area (Å²) < 4.78 is 43.5. The van der Waals surface area contributed by atoms with Gasteiger partial charge < -0.3 is 10.6 Å². The third-order valence-corrected chi connectivity index (χ3v) is 6.37. The van der Waals surface area contributed by atoms with E-state index < -0.39 is 17.6 Å². The van der Waals surface area contributed by atoms with E-state index in [0.29, 0.717) is 24.3 Å². The SMILES string of the molecule is Cc1ccc(C(=O)Nc2ccc(CN3CCNCC3)c(C(F)(F)F)c2)cc1-c1cnc2cnccn12. The summed E-state index contributed by atoms with van der Waals surface area (Å²) in [6.45, 7) is 5.01. The number of alkyl halides is 3. The third-order valence-electron chi connectivity index (χ3n) is 6.37. The molecule has 0 unspecified atom stereocenters. The summed E-state index contributed by atoms with van der Waals surface area (Å²) in [5.41, 5.74) is 3.08. The minimum absolute atomic E-state index is 0.0967. The van der Waals surface area contributed by atoms with Crippen molar-refractivity contribution in [3.63, 3.8) is 0 Å². The van der Waals surface area contributed by atoms with Gasteiger partial charge in [0, 0.05) is 61.9 Å². The topological polar surface area (TPSA) is 74.6 Å². The lowest BCUT2D eigenvalue weighted by molar-refractivity contribution is -0.138. The average Bonchev–Trinajstić information content (AvgIpc) is 3.29. The van der Waals surface area contributed by atoms with E-state index in [4.69, 9.17) is 0 Å². The van der Waals surface area contributed by atoms with E-state index >= 15 is 0 Å². The minimum atomic E-state index is -4.53. The molecule has 1 fully saturated rings. The third kappa shape index (κ3) is 4.95. The number of benzene rings is 2. The van der Waals surface area contributed by atoms with Crippen molar-refractivity contribution >= 4 is 17.2 Å². The number of aryl methyl sites for hydroxylation is 1. The Morgan fingerprint density at radius 3 is 2.69 bits per heavy atom. The summed E-state index contributed by atoms with van der Waals surface area (Å²) in [5.74, 6) is -0.491. The van der Waals surface area contributed by atoms with Crippen LogP contribution in [-0.2, 0) is 12.7 Å². The zero-order valence-corrected chi connectivity index (χ0v) is 19.6. The Morgan fingerprint density at radius 2 is 1.92 bits per heavy atom. The molecule has 4 aromatic rings. The summed E-state index contributed by atoms with van der Waals surface area (Å²) in [4.78, 5) is 23.4. The first-order valence-electron chi connectivity index (χ1n) is 11.6. The van der Waals surface area contributed by atoms with Crippen molar-refractivity contribution in [3.05, 3.63) is 83.4 Å². The maximum Gasteiger partial charge on any atom is 0.416 e. The number of hydrogen-bond acceptors (Lipinski definition) is 5. The summed E-state index contributed by atoms with van der Waals surface area (Å²) in [6, 6.07) is 9.18. The van der Waals surface area contributed by atoms with Crippen LogP contribution in [0.25, 0.3) is 16.9 Å². The molecule has 1 saturated heterocycles. The summed E-state index contributed by atoms with van der Waals surface area (Å²) in [6.07, 6.45) is 2.24. The Labute approximate surface area is 206 Å². The molecule has 10 heteroatoms. The van der Waals surface area contributed by atoms with Crippen LogP contribution in [0.15, 0.2) is 61.2 Å². The van der Waals surface area contributed by atoms with Gasteiger partial charge in [0.25, 0.3) is 5.91 Å². The van der Waals surface area contributed by atoms with E-state index in [9.17, 15) is 18.0 Å². The highest BCUT2D eigenvalue weighted by Gasteiger charge is 2.34. The van der Waals surface area contributed by atoms with Crippen molar-refractivity contribution in [2.75, 3.05) is 31.5 Å². The maximum atomic E-state index is 13.9. The first-order chi connectivity index (χ1) is 17.3. The molecule has 0 radical (unpaired) electrons. The highest BCUT2D eigenvalue weighted by atomic mass is 19.4. The van der Waals surface area contributed by atoms with Crippen molar-refractivity contribution in [1.29, 1.82) is 0 Å². The number of nitrogens with one attached hydrogen (secondary N) is 2. The Kier molecular flexibility index (Phi) is 6.46. The van der Waals surface area contributed by atoms with Gasteiger partial charge in [0.1, 0.15) is 0 Å². The van der Waals surface area contributed by atoms with E-state index in [0.717, 1.165) is 36.0 Å². The van der Waals surface area contributed by atoms with E-state index in [1.54, 1.807) is 36.9 Å². The number of hydrogen-bond donors (Lipinski definition) is 2. The number of nitrogens with zero attached hydrogens (tertiary/aromatic N) is 4. The number of anilines is 1. The largest absolute Gasteiger partial charge is 0.416 e. The van der Waals surface area contributed by atoms with Crippen molar-refractivity contribution in [2.24, 2.45) is 0 Å². The van der Waals surface area contributed by atoms with E-state index in [1.165, 1.54) is 12.1 Å². The molecule has 2 aromatic heterocycles. The normalized spacial score (nSPS) is 14.8. The molecule has 1 aliphatic rings. The fourth-order valence-electron chi connectivity index (χ4n) is 4.45. The van der Waals surface area contributed by atoms with Gasteiger partial charge in [0.2, 0.25) is 0 Å². The first kappa shape index (κ1) is 24.0. The predicted molar refractivity (Wildman–Crippen MR) is 131 cm³/mol. The van der Waals surface area contributed by atoms with Crippen LogP contribution in [0.5, 0.6) is 0 Å². The van der Waals surface area contributed by atoms with Crippen LogP contribution in [0.1, 0.15) is 27.0 Å². The van der Waals surface area contributed by atoms with Crippen LogP contribution in [0.3, 0.4) is 0 Å². The number of fused-ring (bicyclic) bond motifs is 1. The van der Waals surface area contributed by atoms with Gasteiger partial charge in [-0.15, -0.1) is 0 Å². The molecule has 1 aliphatic heterocycles. The lowest BCUT2D eigenvalue weighted by Crippen LogP contribution is -2.43. The van der Waals surface area contributed by atoms with E-state index in [1.807, 2.05) is 22.3 Å². The number of imidazole rings is 1. The van der Waals surface area contributed by atoms with Crippen LogP contribution < -0.4 is 10.6 Å². The van der Waals surface area contributed by atoms with Crippen LogP contribution in [0.2, 0.25) is 0 Å². The van der Waals surface area contributed by atoms with Gasteiger partial charge in [-0.25, -0.2) is 4.98 Å². The lowest BCUT2D eigenvalue weighted by Gasteiger charge is -2.28. The number of amides is 1. The van der Waals surface area contributed by atoms with Crippen LogP contribution >= 0.6 is 0 Å². The Morgan fingerprint density at radius 1 is 1.11 bits per heavy atom. The number of halogens is 3. The average molecular weight is 495 g/mol. The van der Waals surface area contributed by atoms with Gasteiger partial charge in [-0.1, -0.05) is 12.1 Å². The van der Waals surface area contributed by atoms with Crippen LogP contribution in [-0.4, -0.2) is 51.4 Å². The van der Waals surface area contributed by atoms with Gasteiger partial charge in [0.15, 0.2) is 5.65 Å². The molecule has 36 heavy (non-hydrogen) atoms. The monoisotopic (exact) mass is 494 g/mol. The van der Waals surface area contributed by atoms with Crippen LogP contribution in [0.4, 0.5) is 18.9 Å². The highest BCUT2D eigenvalue weighted by Crippen LogP contribution is 2.35. The molecule has 1 amide bonds. The molecule has 5 rings (SSSR count). The van der Waals surface area contributed by atoms with Gasteiger partial charge >= 0.3 is 6.18 Å².